The normalized spacial score (nSPS) is 9.70. The van der Waals surface area contributed by atoms with Crippen molar-refractivity contribution in [2.24, 2.45) is 5.73 Å². The average Bonchev–Trinajstić information content (AvgIpc) is 2.38. The van der Waals surface area contributed by atoms with Crippen LogP contribution in [0.5, 0.6) is 0 Å². The Kier molecular flexibility index (Phi) is 7.29. The molecule has 0 radical (unpaired) electrons. The van der Waals surface area contributed by atoms with Gasteiger partial charge in [0.1, 0.15) is 0 Å². The van der Waals surface area contributed by atoms with Gasteiger partial charge in [-0.05, 0) is 0 Å². The number of nitrogens with one attached hydrogen (secondary N) is 3. The fraction of sp³-hybridized carbons (Fsp3) is 0.444. The van der Waals surface area contributed by atoms with Crippen molar-refractivity contribution in [2.75, 3.05) is 19.6 Å². The van der Waals surface area contributed by atoms with Gasteiger partial charge in [-0.25, -0.2) is 9.59 Å². The highest BCUT2D eigenvalue weighted by molar-refractivity contribution is 6.01. The summed E-state index contributed by atoms with van der Waals surface area (Å²) in [5, 5.41) is 22.9. The first kappa shape index (κ1) is 17.3. The first-order chi connectivity index (χ1) is 9.27. The number of hydrogen-bond acceptors (Lipinski definition) is 6. The lowest BCUT2D eigenvalue weighted by Gasteiger charge is -2.10. The van der Waals surface area contributed by atoms with Gasteiger partial charge in [-0.2, -0.15) is 0 Å². The molecule has 20 heavy (non-hydrogen) atoms. The van der Waals surface area contributed by atoms with Crippen LogP contribution in [0.15, 0.2) is 0 Å². The molecule has 0 aromatic carbocycles. The quantitative estimate of drug-likeness (QED) is 0.243. The summed E-state index contributed by atoms with van der Waals surface area (Å²) in [4.78, 5) is 54.0. The molecule has 0 bridgehead atoms. The van der Waals surface area contributed by atoms with Crippen LogP contribution in [0.1, 0.15) is 0 Å². The number of hydrogen-bond donors (Lipinski definition) is 6. The second kappa shape index (κ2) is 8.42. The highest BCUT2D eigenvalue weighted by Crippen LogP contribution is 1.84. The summed E-state index contributed by atoms with van der Waals surface area (Å²) in [5.41, 5.74) is 4.97. The van der Waals surface area contributed by atoms with Crippen molar-refractivity contribution in [3.8, 4) is 0 Å². The van der Waals surface area contributed by atoms with Crippen LogP contribution in [0.3, 0.4) is 0 Å². The van der Waals surface area contributed by atoms with Gasteiger partial charge in [0.15, 0.2) is 0 Å². The second-order valence-electron chi connectivity index (χ2n) is 3.43. The maximum atomic E-state index is 11.2. The molecule has 112 valence electrons. The van der Waals surface area contributed by atoms with Crippen LogP contribution in [-0.4, -0.2) is 65.5 Å². The first-order valence-electron chi connectivity index (χ1n) is 5.26. The van der Waals surface area contributed by atoms with Crippen LogP contribution < -0.4 is 21.7 Å². The maximum Gasteiger partial charge on any atom is 0.338 e. The largest absolute Gasteiger partial charge is 0.479 e. The van der Waals surface area contributed by atoms with Gasteiger partial charge in [-0.1, -0.05) is 0 Å². The van der Waals surface area contributed by atoms with Crippen molar-refractivity contribution >= 4 is 29.7 Å². The van der Waals surface area contributed by atoms with E-state index in [0.29, 0.717) is 0 Å². The molecule has 7 N–H and O–H groups in total. The van der Waals surface area contributed by atoms with E-state index >= 15 is 0 Å². The van der Waals surface area contributed by atoms with Gasteiger partial charge in [0, 0.05) is 0 Å². The number of carboxylic acids is 2. The molecule has 0 aromatic rings. The molecule has 0 rings (SSSR count). The monoisotopic (exact) mass is 290 g/mol. The van der Waals surface area contributed by atoms with E-state index in [1.807, 2.05) is 0 Å². The lowest BCUT2D eigenvalue weighted by molar-refractivity contribution is -0.153. The van der Waals surface area contributed by atoms with E-state index in [0.717, 1.165) is 0 Å². The van der Waals surface area contributed by atoms with Crippen molar-refractivity contribution < 1.29 is 34.2 Å². The molecule has 0 aliphatic heterocycles. The van der Waals surface area contributed by atoms with Crippen LogP contribution >= 0.6 is 0 Å². The van der Waals surface area contributed by atoms with E-state index in [1.165, 1.54) is 0 Å². The van der Waals surface area contributed by atoms with Gasteiger partial charge in [0.05, 0.1) is 19.6 Å². The zero-order chi connectivity index (χ0) is 15.7. The Bertz CT molecular complexity index is 409. The third-order valence-electron chi connectivity index (χ3n) is 1.88. The summed E-state index contributed by atoms with van der Waals surface area (Å²) in [5.74, 6) is -5.77. The van der Waals surface area contributed by atoms with E-state index < -0.39 is 48.8 Å². The zero-order valence-corrected chi connectivity index (χ0v) is 10.2. The highest BCUT2D eigenvalue weighted by Gasteiger charge is 2.27. The number of rotatable bonds is 8. The maximum absolute atomic E-state index is 11.2. The number of carbonyl (C=O) groups excluding carboxylic acids is 3. The van der Waals surface area contributed by atoms with Crippen molar-refractivity contribution in [1.82, 2.24) is 16.0 Å². The predicted molar refractivity (Wildman–Crippen MR) is 62.3 cm³/mol. The molecule has 11 nitrogen and oxygen atoms in total. The molecular weight excluding hydrogens is 276 g/mol. The Morgan fingerprint density at radius 3 is 1.75 bits per heavy atom. The summed E-state index contributed by atoms with van der Waals surface area (Å²) in [6, 6.07) is -2.10. The van der Waals surface area contributed by atoms with Crippen LogP contribution in [0, 0.1) is 0 Å². The number of nitrogens with two attached hydrogens (primary N) is 1. The Labute approximate surface area is 112 Å². The van der Waals surface area contributed by atoms with Gasteiger partial charge in [0.2, 0.25) is 23.8 Å². The second-order valence-corrected chi connectivity index (χ2v) is 3.43. The minimum atomic E-state index is -2.10. The molecule has 0 saturated carbocycles. The third-order valence-corrected chi connectivity index (χ3v) is 1.88. The smallest absolute Gasteiger partial charge is 0.338 e. The average molecular weight is 290 g/mol. The van der Waals surface area contributed by atoms with E-state index in [-0.39, 0.29) is 6.54 Å². The topological polar surface area (TPSA) is 188 Å². The van der Waals surface area contributed by atoms with Gasteiger partial charge in [0.25, 0.3) is 0 Å². The Morgan fingerprint density at radius 1 is 0.850 bits per heavy atom. The lowest BCUT2D eigenvalue weighted by Crippen LogP contribution is -2.50. The molecule has 0 aliphatic rings. The minimum Gasteiger partial charge on any atom is -0.479 e. The molecule has 0 heterocycles. The zero-order valence-electron chi connectivity index (χ0n) is 10.2. The predicted octanol–water partition coefficient (Wildman–Crippen LogP) is -4.17. The van der Waals surface area contributed by atoms with E-state index in [1.54, 1.807) is 5.32 Å². The van der Waals surface area contributed by atoms with Gasteiger partial charge < -0.3 is 31.9 Å². The number of carboxylic acid groups (broad SMARTS) is 2. The third kappa shape index (κ3) is 6.90. The first-order valence-corrected chi connectivity index (χ1v) is 5.26. The minimum absolute atomic E-state index is 0.299. The SMILES string of the molecule is NCC(=O)NCC(=O)NCC(=O)NC(C(=O)O)C(=O)O. The lowest BCUT2D eigenvalue weighted by atomic mass is 10.3. The molecule has 0 atom stereocenters. The molecule has 0 spiro atoms. The summed E-state index contributed by atoms with van der Waals surface area (Å²) in [7, 11) is 0. The molecule has 0 fully saturated rings. The van der Waals surface area contributed by atoms with Crippen molar-refractivity contribution in [2.45, 2.75) is 6.04 Å². The van der Waals surface area contributed by atoms with E-state index in [4.69, 9.17) is 15.9 Å². The fourth-order valence-corrected chi connectivity index (χ4v) is 0.934. The molecule has 3 amide bonds. The van der Waals surface area contributed by atoms with Crippen LogP contribution in [0.2, 0.25) is 0 Å². The Hall–Kier alpha value is -2.69. The van der Waals surface area contributed by atoms with Crippen LogP contribution in [-0.2, 0) is 24.0 Å². The molecule has 11 heteroatoms. The number of aliphatic carboxylic acids is 2. The summed E-state index contributed by atoms with van der Waals surface area (Å²) in [6.45, 7) is -1.34. The van der Waals surface area contributed by atoms with Gasteiger partial charge >= 0.3 is 11.9 Å². The van der Waals surface area contributed by atoms with Crippen LogP contribution in [0.25, 0.3) is 0 Å². The van der Waals surface area contributed by atoms with Crippen molar-refractivity contribution in [3.63, 3.8) is 0 Å². The number of carbonyl (C=O) groups is 5. The van der Waals surface area contributed by atoms with Crippen LogP contribution in [0.4, 0.5) is 0 Å². The summed E-state index contributed by atoms with van der Waals surface area (Å²) >= 11 is 0. The van der Waals surface area contributed by atoms with E-state index in [9.17, 15) is 24.0 Å². The molecule has 0 aromatic heterocycles. The van der Waals surface area contributed by atoms with Gasteiger partial charge in [-0.3, -0.25) is 14.4 Å². The van der Waals surface area contributed by atoms with Crippen molar-refractivity contribution in [3.05, 3.63) is 0 Å². The molecule has 0 aliphatic carbocycles. The molecule has 0 unspecified atom stereocenters. The fourth-order valence-electron chi connectivity index (χ4n) is 0.934. The van der Waals surface area contributed by atoms with Gasteiger partial charge in [-0.15, -0.1) is 0 Å². The van der Waals surface area contributed by atoms with E-state index in [2.05, 4.69) is 10.6 Å². The van der Waals surface area contributed by atoms with Crippen molar-refractivity contribution in [1.29, 1.82) is 0 Å². The summed E-state index contributed by atoms with van der Waals surface area (Å²) < 4.78 is 0. The molecule has 0 saturated heterocycles. The Morgan fingerprint density at radius 2 is 1.30 bits per heavy atom. The molecular formula is C9H14N4O7. The highest BCUT2D eigenvalue weighted by atomic mass is 16.4. The Balaban J connectivity index is 4.10. The standard InChI is InChI=1S/C9H14N4O7/c10-1-4(14)11-2-5(15)12-3-6(16)13-7(8(17)18)9(19)20/h7H,1-3,10H2,(H,11,14)(H,12,15)(H,13,16)(H,17,18)(H,19,20). The number of amides is 3. The summed E-state index contributed by atoms with van der Waals surface area (Å²) in [6.07, 6.45) is 0.